The molecule has 2 aromatic rings. The van der Waals surface area contributed by atoms with Crippen molar-refractivity contribution in [3.8, 4) is 5.75 Å². The van der Waals surface area contributed by atoms with Crippen molar-refractivity contribution < 1.29 is 19.4 Å². The number of fused-ring (bicyclic) bond motifs is 1. The molecule has 0 bridgehead atoms. The van der Waals surface area contributed by atoms with Gasteiger partial charge in [0.25, 0.3) is 0 Å². The predicted octanol–water partition coefficient (Wildman–Crippen LogP) is 1.91. The summed E-state index contributed by atoms with van der Waals surface area (Å²) >= 11 is 2.99. The number of nitrogens with zero attached hydrogens (tertiary/aromatic N) is 1. The van der Waals surface area contributed by atoms with Crippen LogP contribution in [-0.2, 0) is 15.3 Å². The molecule has 0 saturated heterocycles. The Balaban J connectivity index is 1.95. The Labute approximate surface area is 135 Å². The van der Waals surface area contributed by atoms with Gasteiger partial charge in [-0.15, -0.1) is 11.3 Å². The van der Waals surface area contributed by atoms with Gasteiger partial charge in [0.1, 0.15) is 23.1 Å². The van der Waals surface area contributed by atoms with Crippen LogP contribution < -0.4 is 10.5 Å². The summed E-state index contributed by atoms with van der Waals surface area (Å²) in [4.78, 5) is 25.4. The van der Waals surface area contributed by atoms with Crippen molar-refractivity contribution in [3.63, 3.8) is 0 Å². The van der Waals surface area contributed by atoms with Crippen LogP contribution in [-0.4, -0.2) is 40.7 Å². The summed E-state index contributed by atoms with van der Waals surface area (Å²) in [5, 5.41) is 9.64. The Morgan fingerprint density at radius 3 is 3.09 bits per heavy atom. The number of carboxylic acids is 1. The Bertz CT molecular complexity index is 659. The van der Waals surface area contributed by atoms with Crippen molar-refractivity contribution in [2.45, 2.75) is 18.2 Å². The zero-order valence-electron chi connectivity index (χ0n) is 11.7. The summed E-state index contributed by atoms with van der Waals surface area (Å²) in [7, 11) is 0. The summed E-state index contributed by atoms with van der Waals surface area (Å²) in [6.07, 6.45) is 1.19. The average molecular weight is 340 g/mol. The summed E-state index contributed by atoms with van der Waals surface area (Å²) < 4.78 is 6.46. The van der Waals surface area contributed by atoms with Crippen molar-refractivity contribution in [2.75, 3.05) is 12.4 Å². The van der Waals surface area contributed by atoms with Crippen molar-refractivity contribution in [3.05, 3.63) is 23.2 Å². The fraction of sp³-hybridized carbons (Fsp3) is 0.357. The molecule has 0 aliphatic heterocycles. The molecule has 0 radical (unpaired) electrons. The second-order valence-corrected chi connectivity index (χ2v) is 6.65. The first-order valence-corrected chi connectivity index (χ1v) is 8.59. The molecule has 0 fully saturated rings. The van der Waals surface area contributed by atoms with E-state index in [1.165, 1.54) is 11.8 Å². The van der Waals surface area contributed by atoms with Gasteiger partial charge in [-0.25, -0.2) is 4.98 Å². The van der Waals surface area contributed by atoms with Crippen LogP contribution in [0.2, 0.25) is 0 Å². The van der Waals surface area contributed by atoms with Crippen LogP contribution in [0.15, 0.2) is 18.2 Å². The summed E-state index contributed by atoms with van der Waals surface area (Å²) in [6, 6.07) is 4.75. The van der Waals surface area contributed by atoms with Gasteiger partial charge in [0.2, 0.25) is 0 Å². The van der Waals surface area contributed by atoms with Gasteiger partial charge in [-0.1, -0.05) is 0 Å². The SMILES string of the molecule is NC(CSCc1nc2ccc(OCCC=O)cc2s1)C(=O)O. The van der Waals surface area contributed by atoms with E-state index in [4.69, 9.17) is 15.6 Å². The van der Waals surface area contributed by atoms with Gasteiger partial charge in [-0.3, -0.25) is 4.79 Å². The van der Waals surface area contributed by atoms with Crippen LogP contribution in [0.5, 0.6) is 5.75 Å². The fourth-order valence-corrected chi connectivity index (χ4v) is 3.70. The molecule has 1 atom stereocenters. The van der Waals surface area contributed by atoms with Crippen molar-refractivity contribution in [2.24, 2.45) is 5.73 Å². The maximum Gasteiger partial charge on any atom is 0.321 e. The number of aromatic nitrogens is 1. The van der Waals surface area contributed by atoms with E-state index < -0.39 is 12.0 Å². The van der Waals surface area contributed by atoms with Crippen molar-refractivity contribution in [1.29, 1.82) is 0 Å². The van der Waals surface area contributed by atoms with E-state index in [0.29, 0.717) is 30.3 Å². The lowest BCUT2D eigenvalue weighted by atomic mass is 10.3. The maximum atomic E-state index is 10.6. The minimum atomic E-state index is -0.992. The van der Waals surface area contributed by atoms with Gasteiger partial charge in [-0.2, -0.15) is 11.8 Å². The highest BCUT2D eigenvalue weighted by molar-refractivity contribution is 7.98. The smallest absolute Gasteiger partial charge is 0.321 e. The number of aliphatic carboxylic acids is 1. The Hall–Kier alpha value is -1.64. The van der Waals surface area contributed by atoms with Gasteiger partial charge >= 0.3 is 5.97 Å². The quantitative estimate of drug-likeness (QED) is 0.531. The van der Waals surface area contributed by atoms with Gasteiger partial charge in [0.05, 0.1) is 16.8 Å². The fourth-order valence-electron chi connectivity index (χ4n) is 1.67. The number of thiazole rings is 1. The number of rotatable bonds is 9. The van der Waals surface area contributed by atoms with E-state index in [1.807, 2.05) is 18.2 Å². The van der Waals surface area contributed by atoms with Gasteiger partial charge in [0, 0.05) is 17.9 Å². The van der Waals surface area contributed by atoms with E-state index in [1.54, 1.807) is 11.3 Å². The molecule has 1 aromatic heterocycles. The Morgan fingerprint density at radius 2 is 2.36 bits per heavy atom. The van der Waals surface area contributed by atoms with E-state index in [9.17, 15) is 9.59 Å². The first-order chi connectivity index (χ1) is 10.6. The van der Waals surface area contributed by atoms with Crippen LogP contribution >= 0.6 is 23.1 Å². The number of carbonyl (C=O) groups excluding carboxylic acids is 1. The van der Waals surface area contributed by atoms with Crippen LogP contribution in [0.25, 0.3) is 10.2 Å². The highest BCUT2D eigenvalue weighted by Gasteiger charge is 2.12. The normalized spacial score (nSPS) is 12.2. The molecule has 0 amide bonds. The topological polar surface area (TPSA) is 103 Å². The van der Waals surface area contributed by atoms with E-state index in [0.717, 1.165) is 21.5 Å². The van der Waals surface area contributed by atoms with Gasteiger partial charge in [0.15, 0.2) is 0 Å². The maximum absolute atomic E-state index is 10.6. The zero-order chi connectivity index (χ0) is 15.9. The van der Waals surface area contributed by atoms with Gasteiger partial charge < -0.3 is 20.4 Å². The molecule has 0 aliphatic rings. The summed E-state index contributed by atoms with van der Waals surface area (Å²) in [5.41, 5.74) is 6.34. The number of carboxylic acid groups (broad SMARTS) is 1. The third kappa shape index (κ3) is 4.69. The Kier molecular flexibility index (Phi) is 6.17. The molecule has 0 saturated carbocycles. The molecule has 1 unspecified atom stereocenters. The lowest BCUT2D eigenvalue weighted by Crippen LogP contribution is -2.32. The zero-order valence-corrected chi connectivity index (χ0v) is 13.4. The molecule has 2 rings (SSSR count). The summed E-state index contributed by atoms with van der Waals surface area (Å²) in [5.74, 6) is 0.700. The molecule has 0 aliphatic carbocycles. The van der Waals surface area contributed by atoms with E-state index in [2.05, 4.69) is 4.98 Å². The minimum Gasteiger partial charge on any atom is -0.493 e. The van der Waals surface area contributed by atoms with Crippen molar-refractivity contribution >= 4 is 45.6 Å². The third-order valence-corrected chi connectivity index (χ3v) is 5.02. The molecule has 6 nitrogen and oxygen atoms in total. The molecular formula is C14H16N2O4S2. The Morgan fingerprint density at radius 1 is 1.55 bits per heavy atom. The van der Waals surface area contributed by atoms with E-state index in [-0.39, 0.29) is 0 Å². The molecule has 22 heavy (non-hydrogen) atoms. The number of nitrogens with two attached hydrogens (primary N) is 1. The number of thioether (sulfide) groups is 1. The monoisotopic (exact) mass is 340 g/mol. The second kappa shape index (κ2) is 8.11. The number of aldehydes is 1. The first-order valence-electron chi connectivity index (χ1n) is 6.62. The number of ether oxygens (including phenoxy) is 1. The molecule has 3 N–H and O–H groups in total. The van der Waals surface area contributed by atoms with Crippen molar-refractivity contribution in [1.82, 2.24) is 4.98 Å². The van der Waals surface area contributed by atoms with E-state index >= 15 is 0 Å². The average Bonchev–Trinajstić information content (AvgIpc) is 2.89. The second-order valence-electron chi connectivity index (χ2n) is 4.50. The molecule has 0 spiro atoms. The van der Waals surface area contributed by atoms with Crippen LogP contribution in [0.4, 0.5) is 0 Å². The van der Waals surface area contributed by atoms with Crippen LogP contribution in [0.3, 0.4) is 0 Å². The lowest BCUT2D eigenvalue weighted by molar-refractivity contribution is -0.137. The summed E-state index contributed by atoms with van der Waals surface area (Å²) in [6.45, 7) is 0.365. The van der Waals surface area contributed by atoms with Gasteiger partial charge in [-0.05, 0) is 18.2 Å². The highest BCUT2D eigenvalue weighted by Crippen LogP contribution is 2.28. The highest BCUT2D eigenvalue weighted by atomic mass is 32.2. The van der Waals surface area contributed by atoms with Crippen LogP contribution in [0, 0.1) is 0 Å². The third-order valence-electron chi connectivity index (χ3n) is 2.75. The number of hydrogen-bond acceptors (Lipinski definition) is 7. The molecule has 8 heteroatoms. The number of benzene rings is 1. The molecule has 1 aromatic carbocycles. The largest absolute Gasteiger partial charge is 0.493 e. The molecule has 1 heterocycles. The van der Waals surface area contributed by atoms with Crippen LogP contribution in [0.1, 0.15) is 11.4 Å². The standard InChI is InChI=1S/C14H16N2O4S2/c15-10(14(18)19)7-21-8-13-16-11-3-2-9(6-12(11)22-13)20-5-1-4-17/h2-4,6,10H,1,5,7-8,15H2,(H,18,19). The number of hydrogen-bond donors (Lipinski definition) is 2. The molecule has 118 valence electrons. The number of carbonyl (C=O) groups is 2. The molecular weight excluding hydrogens is 324 g/mol. The first kappa shape index (κ1) is 16.7. The predicted molar refractivity (Wildman–Crippen MR) is 87.6 cm³/mol. The lowest BCUT2D eigenvalue weighted by Gasteiger charge is -2.03. The minimum absolute atomic E-state index is 0.352.